The Morgan fingerprint density at radius 2 is 1.76 bits per heavy atom. The predicted molar refractivity (Wildman–Crippen MR) is 75.9 cm³/mol. The number of likely N-dealkylation sites (tertiary alicyclic amines) is 1. The molecule has 1 aliphatic heterocycles. The zero-order valence-electron chi connectivity index (χ0n) is 12.4. The Kier molecular flexibility index (Phi) is 4.35. The molecule has 0 saturated carbocycles. The Morgan fingerprint density at radius 1 is 1.24 bits per heavy atom. The maximum atomic E-state index is 12.4. The number of carboxylic acids is 1. The molecule has 0 aliphatic carbocycles. The Labute approximate surface area is 123 Å². The molecule has 1 aromatic rings. The number of rotatable bonds is 5. The lowest BCUT2D eigenvalue weighted by atomic mass is 9.95. The fourth-order valence-corrected chi connectivity index (χ4v) is 2.50. The van der Waals surface area contributed by atoms with Crippen LogP contribution in [0.1, 0.15) is 22.3 Å². The van der Waals surface area contributed by atoms with Gasteiger partial charge in [-0.2, -0.15) is 0 Å². The topological polar surface area (TPSA) is 76.1 Å². The van der Waals surface area contributed by atoms with Crippen molar-refractivity contribution in [2.45, 2.75) is 13.3 Å². The number of carboxylic acid groups (broad SMARTS) is 1. The molecule has 1 saturated heterocycles. The molecule has 6 nitrogen and oxygen atoms in total. The van der Waals surface area contributed by atoms with E-state index < -0.39 is 5.97 Å². The van der Waals surface area contributed by atoms with Crippen molar-refractivity contribution in [3.63, 3.8) is 0 Å². The van der Waals surface area contributed by atoms with Gasteiger partial charge in [-0.25, -0.2) is 0 Å². The van der Waals surface area contributed by atoms with Crippen LogP contribution in [0.25, 0.3) is 0 Å². The smallest absolute Gasteiger partial charge is 0.303 e. The van der Waals surface area contributed by atoms with E-state index in [-0.39, 0.29) is 18.2 Å². The summed E-state index contributed by atoms with van der Waals surface area (Å²) in [6.07, 6.45) is 0.102. The molecule has 0 radical (unpaired) electrons. The monoisotopic (exact) mass is 293 g/mol. The number of benzene rings is 1. The van der Waals surface area contributed by atoms with Gasteiger partial charge in [0.25, 0.3) is 5.91 Å². The van der Waals surface area contributed by atoms with E-state index in [1.165, 1.54) is 0 Å². The molecule has 114 valence electrons. The van der Waals surface area contributed by atoms with E-state index in [9.17, 15) is 9.59 Å². The lowest BCUT2D eigenvalue weighted by Gasteiger charge is -2.38. The predicted octanol–water partition coefficient (Wildman–Crippen LogP) is 1.56. The molecule has 2 rings (SSSR count). The van der Waals surface area contributed by atoms with Crippen molar-refractivity contribution < 1.29 is 24.2 Å². The number of hydrogen-bond donors (Lipinski definition) is 1. The molecule has 0 bridgehead atoms. The molecule has 1 heterocycles. The Bertz CT molecular complexity index is 538. The summed E-state index contributed by atoms with van der Waals surface area (Å²) >= 11 is 0. The molecule has 21 heavy (non-hydrogen) atoms. The van der Waals surface area contributed by atoms with Crippen molar-refractivity contribution in [1.29, 1.82) is 0 Å². The van der Waals surface area contributed by atoms with Gasteiger partial charge in [0.15, 0.2) is 0 Å². The van der Waals surface area contributed by atoms with Crippen LogP contribution in [0.2, 0.25) is 0 Å². The highest BCUT2D eigenvalue weighted by Crippen LogP contribution is 2.31. The van der Waals surface area contributed by atoms with E-state index in [4.69, 9.17) is 14.6 Å². The minimum Gasteiger partial charge on any atom is -0.496 e. The summed E-state index contributed by atoms with van der Waals surface area (Å²) in [5, 5.41) is 8.72. The van der Waals surface area contributed by atoms with Crippen LogP contribution in [0, 0.1) is 12.8 Å². The molecule has 1 N–H and O–H groups in total. The number of carbonyl (C=O) groups is 2. The summed E-state index contributed by atoms with van der Waals surface area (Å²) in [7, 11) is 3.09. The molecule has 0 atom stereocenters. The van der Waals surface area contributed by atoms with Crippen molar-refractivity contribution in [3.05, 3.63) is 23.3 Å². The second-order valence-corrected chi connectivity index (χ2v) is 5.18. The normalized spacial score (nSPS) is 14.5. The van der Waals surface area contributed by atoms with Gasteiger partial charge in [-0.05, 0) is 19.1 Å². The van der Waals surface area contributed by atoms with Crippen LogP contribution in [0.15, 0.2) is 12.1 Å². The third-order valence-electron chi connectivity index (χ3n) is 3.71. The maximum Gasteiger partial charge on any atom is 0.303 e. The zero-order valence-corrected chi connectivity index (χ0v) is 12.4. The van der Waals surface area contributed by atoms with E-state index in [1.807, 2.05) is 6.92 Å². The number of ether oxygens (including phenoxy) is 2. The van der Waals surface area contributed by atoms with Gasteiger partial charge in [-0.3, -0.25) is 9.59 Å². The number of methoxy groups -OCH3 is 2. The molecule has 1 aromatic carbocycles. The summed E-state index contributed by atoms with van der Waals surface area (Å²) in [6, 6.07) is 3.37. The molecule has 6 heteroatoms. The van der Waals surface area contributed by atoms with Gasteiger partial charge in [0.1, 0.15) is 11.5 Å². The summed E-state index contributed by atoms with van der Waals surface area (Å²) in [5.74, 6) is 0.278. The van der Waals surface area contributed by atoms with Crippen molar-refractivity contribution in [2.24, 2.45) is 5.92 Å². The van der Waals surface area contributed by atoms with Crippen LogP contribution in [0.4, 0.5) is 0 Å². The fraction of sp³-hybridized carbons (Fsp3) is 0.467. The number of amides is 1. The fourth-order valence-electron chi connectivity index (χ4n) is 2.50. The Hall–Kier alpha value is -2.24. The van der Waals surface area contributed by atoms with E-state index >= 15 is 0 Å². The minimum atomic E-state index is -0.828. The first-order chi connectivity index (χ1) is 9.96. The average molecular weight is 293 g/mol. The van der Waals surface area contributed by atoms with Gasteiger partial charge in [-0.15, -0.1) is 0 Å². The first-order valence-corrected chi connectivity index (χ1v) is 6.70. The number of hydrogen-bond acceptors (Lipinski definition) is 4. The van der Waals surface area contributed by atoms with Gasteiger partial charge in [0.05, 0.1) is 20.6 Å². The van der Waals surface area contributed by atoms with Crippen LogP contribution in [-0.2, 0) is 4.79 Å². The van der Waals surface area contributed by atoms with Crippen molar-refractivity contribution in [3.8, 4) is 11.5 Å². The van der Waals surface area contributed by atoms with Gasteiger partial charge in [0, 0.05) is 30.1 Å². The molecule has 1 aliphatic rings. The van der Waals surface area contributed by atoms with E-state index in [2.05, 4.69) is 0 Å². The highest BCUT2D eigenvalue weighted by Gasteiger charge is 2.33. The average Bonchev–Trinajstić information content (AvgIpc) is 2.41. The highest BCUT2D eigenvalue weighted by atomic mass is 16.5. The first-order valence-electron chi connectivity index (χ1n) is 6.70. The number of carbonyl (C=O) groups excluding carboxylic acids is 1. The third kappa shape index (κ3) is 3.09. The Balaban J connectivity index is 2.12. The lowest BCUT2D eigenvalue weighted by molar-refractivity contribution is -0.139. The Morgan fingerprint density at radius 3 is 2.19 bits per heavy atom. The van der Waals surface area contributed by atoms with Gasteiger partial charge in [0.2, 0.25) is 0 Å². The minimum absolute atomic E-state index is 0.0423. The largest absolute Gasteiger partial charge is 0.496 e. The summed E-state index contributed by atoms with van der Waals surface area (Å²) in [5.41, 5.74) is 1.33. The second kappa shape index (κ2) is 6.03. The SMILES string of the molecule is COc1cc(C(=O)N2CC(CC(=O)O)C2)cc(OC)c1C. The highest BCUT2D eigenvalue weighted by molar-refractivity contribution is 5.96. The van der Waals surface area contributed by atoms with Crippen LogP contribution in [0.5, 0.6) is 11.5 Å². The van der Waals surface area contributed by atoms with Crippen LogP contribution in [-0.4, -0.2) is 49.2 Å². The summed E-state index contributed by atoms with van der Waals surface area (Å²) < 4.78 is 10.5. The molecule has 0 aromatic heterocycles. The zero-order chi connectivity index (χ0) is 15.6. The van der Waals surface area contributed by atoms with E-state index in [1.54, 1.807) is 31.3 Å². The maximum absolute atomic E-state index is 12.4. The molecule has 0 unspecified atom stereocenters. The van der Waals surface area contributed by atoms with Crippen molar-refractivity contribution in [2.75, 3.05) is 27.3 Å². The van der Waals surface area contributed by atoms with E-state index in [0.717, 1.165) is 5.56 Å². The molecular formula is C15H19NO5. The second-order valence-electron chi connectivity index (χ2n) is 5.18. The summed E-state index contributed by atoms with van der Waals surface area (Å²) in [6.45, 7) is 2.81. The summed E-state index contributed by atoms with van der Waals surface area (Å²) in [4.78, 5) is 24.6. The molecule has 0 spiro atoms. The van der Waals surface area contributed by atoms with Gasteiger partial charge in [-0.1, -0.05) is 0 Å². The van der Waals surface area contributed by atoms with E-state index in [0.29, 0.717) is 30.2 Å². The standard InChI is InChI=1S/C15H19NO5/c1-9-12(20-2)5-11(6-13(9)21-3)15(19)16-7-10(8-16)4-14(17)18/h5-6,10H,4,7-8H2,1-3H3,(H,17,18). The van der Waals surface area contributed by atoms with Gasteiger partial charge >= 0.3 is 5.97 Å². The third-order valence-corrected chi connectivity index (χ3v) is 3.71. The van der Waals surface area contributed by atoms with Crippen molar-refractivity contribution >= 4 is 11.9 Å². The van der Waals surface area contributed by atoms with Crippen molar-refractivity contribution in [1.82, 2.24) is 4.90 Å². The number of aliphatic carboxylic acids is 1. The van der Waals surface area contributed by atoms with Crippen LogP contribution >= 0.6 is 0 Å². The first kappa shape index (κ1) is 15.2. The van der Waals surface area contributed by atoms with Gasteiger partial charge < -0.3 is 19.5 Å². The quantitative estimate of drug-likeness (QED) is 0.891. The number of nitrogens with zero attached hydrogens (tertiary/aromatic N) is 1. The molecular weight excluding hydrogens is 274 g/mol. The van der Waals surface area contributed by atoms with Crippen LogP contribution in [0.3, 0.4) is 0 Å². The van der Waals surface area contributed by atoms with Crippen LogP contribution < -0.4 is 9.47 Å². The lowest BCUT2D eigenvalue weighted by Crippen LogP contribution is -2.50. The molecule has 1 fully saturated rings. The molecule has 1 amide bonds.